The van der Waals surface area contributed by atoms with Crippen LogP contribution in [-0.4, -0.2) is 47.6 Å². The first-order chi connectivity index (χ1) is 7.52. The van der Waals surface area contributed by atoms with Crippen LogP contribution in [0.5, 0.6) is 0 Å². The molecule has 0 aromatic rings. The Morgan fingerprint density at radius 2 is 2.19 bits per heavy atom. The molecule has 0 saturated heterocycles. The van der Waals surface area contributed by atoms with E-state index in [0.29, 0.717) is 12.2 Å². The van der Waals surface area contributed by atoms with Gasteiger partial charge in [0, 0.05) is 0 Å². The van der Waals surface area contributed by atoms with E-state index in [1.165, 1.54) is 18.9 Å². The number of carbonyl (C=O) groups is 3. The van der Waals surface area contributed by atoms with Crippen molar-refractivity contribution in [3.8, 4) is 0 Å². The molecule has 0 spiro atoms. The summed E-state index contributed by atoms with van der Waals surface area (Å²) in [6.07, 6.45) is 0.618. The number of methoxy groups -OCH3 is 1. The molecule has 0 rings (SSSR count). The van der Waals surface area contributed by atoms with Crippen molar-refractivity contribution in [3.05, 3.63) is 0 Å². The second-order valence-corrected chi connectivity index (χ2v) is 4.45. The Morgan fingerprint density at radius 3 is 2.62 bits per heavy atom. The number of carbonyl (C=O) groups excluding carboxylic acids is 2. The van der Waals surface area contributed by atoms with Crippen molar-refractivity contribution in [2.75, 3.05) is 12.9 Å². The summed E-state index contributed by atoms with van der Waals surface area (Å²) in [5.74, 6) is -0.979. The van der Waals surface area contributed by atoms with Gasteiger partial charge in [-0.3, -0.25) is 9.59 Å². The highest BCUT2D eigenvalue weighted by molar-refractivity contribution is 8.00. The summed E-state index contributed by atoms with van der Waals surface area (Å²) in [4.78, 5) is 31.8. The van der Waals surface area contributed by atoms with Crippen molar-refractivity contribution in [2.24, 2.45) is 0 Å². The van der Waals surface area contributed by atoms with Crippen molar-refractivity contribution >= 4 is 30.1 Å². The molecule has 0 bridgehead atoms. The summed E-state index contributed by atoms with van der Waals surface area (Å²) in [5.41, 5.74) is 0. The summed E-state index contributed by atoms with van der Waals surface area (Å²) in [7, 11) is 1.30. The van der Waals surface area contributed by atoms with Crippen LogP contribution in [0, 0.1) is 0 Å². The maximum absolute atomic E-state index is 11.0. The molecular formula is C9H15NO5S. The number of amides is 1. The molecule has 0 aromatic carbocycles. The summed E-state index contributed by atoms with van der Waals surface area (Å²) < 4.78 is 4.52. The maximum Gasteiger partial charge on any atom is 0.326 e. The number of esters is 1. The zero-order chi connectivity index (χ0) is 12.6. The zero-order valence-corrected chi connectivity index (χ0v) is 9.95. The van der Waals surface area contributed by atoms with Gasteiger partial charge in [-0.25, -0.2) is 4.79 Å². The summed E-state index contributed by atoms with van der Waals surface area (Å²) in [6, 6.07) is -0.908. The van der Waals surface area contributed by atoms with Crippen LogP contribution in [-0.2, 0) is 19.1 Å². The number of rotatable bonds is 8. The molecule has 0 aliphatic heterocycles. The summed E-state index contributed by atoms with van der Waals surface area (Å²) in [6.45, 7) is 1.68. The quantitative estimate of drug-likeness (QED) is 0.460. The van der Waals surface area contributed by atoms with E-state index >= 15 is 0 Å². The molecule has 0 heterocycles. The molecule has 0 aliphatic rings. The molecule has 92 valence electrons. The van der Waals surface area contributed by atoms with Gasteiger partial charge in [0.15, 0.2) is 0 Å². The lowest BCUT2D eigenvalue weighted by Crippen LogP contribution is -2.36. The average Bonchev–Trinajstić information content (AvgIpc) is 2.26. The van der Waals surface area contributed by atoms with Crippen LogP contribution in [0.25, 0.3) is 0 Å². The SMILES string of the molecule is COC(=O)C(C)SCCC(NC=O)C(=O)O. The lowest BCUT2D eigenvalue weighted by molar-refractivity contribution is -0.140. The first-order valence-corrected chi connectivity index (χ1v) is 5.69. The Balaban J connectivity index is 3.89. The van der Waals surface area contributed by atoms with Gasteiger partial charge in [-0.05, 0) is 19.1 Å². The van der Waals surface area contributed by atoms with E-state index in [1.807, 2.05) is 0 Å². The van der Waals surface area contributed by atoms with E-state index < -0.39 is 12.0 Å². The van der Waals surface area contributed by atoms with Crippen molar-refractivity contribution in [3.63, 3.8) is 0 Å². The average molecular weight is 249 g/mol. The van der Waals surface area contributed by atoms with Gasteiger partial charge in [0.1, 0.15) is 6.04 Å². The molecule has 16 heavy (non-hydrogen) atoms. The molecule has 0 radical (unpaired) electrons. The van der Waals surface area contributed by atoms with Crippen LogP contribution in [0.15, 0.2) is 0 Å². The fourth-order valence-electron chi connectivity index (χ4n) is 0.957. The minimum Gasteiger partial charge on any atom is -0.480 e. The first kappa shape index (κ1) is 14.8. The zero-order valence-electron chi connectivity index (χ0n) is 9.13. The van der Waals surface area contributed by atoms with Crippen LogP contribution in [0.3, 0.4) is 0 Å². The van der Waals surface area contributed by atoms with Gasteiger partial charge < -0.3 is 15.2 Å². The van der Waals surface area contributed by atoms with Gasteiger partial charge in [-0.2, -0.15) is 0 Å². The van der Waals surface area contributed by atoms with Crippen molar-refractivity contribution in [2.45, 2.75) is 24.6 Å². The van der Waals surface area contributed by atoms with E-state index in [0.717, 1.165) is 0 Å². The monoisotopic (exact) mass is 249 g/mol. The number of hydrogen-bond donors (Lipinski definition) is 2. The molecule has 2 atom stereocenters. The highest BCUT2D eigenvalue weighted by atomic mass is 32.2. The van der Waals surface area contributed by atoms with Crippen LogP contribution in [0.4, 0.5) is 0 Å². The molecule has 0 aliphatic carbocycles. The van der Waals surface area contributed by atoms with Gasteiger partial charge in [0.25, 0.3) is 0 Å². The Bertz CT molecular complexity index is 258. The molecule has 0 fully saturated rings. The minimum atomic E-state index is -1.08. The topological polar surface area (TPSA) is 92.7 Å². The first-order valence-electron chi connectivity index (χ1n) is 4.64. The van der Waals surface area contributed by atoms with Crippen LogP contribution >= 0.6 is 11.8 Å². The number of nitrogens with one attached hydrogen (secondary N) is 1. The second kappa shape index (κ2) is 7.98. The largest absolute Gasteiger partial charge is 0.480 e. The summed E-state index contributed by atoms with van der Waals surface area (Å²) in [5, 5.41) is 10.6. The normalized spacial score (nSPS) is 13.6. The molecule has 1 amide bonds. The fraction of sp³-hybridized carbons (Fsp3) is 0.667. The predicted octanol–water partition coefficient (Wildman–Crippen LogP) is -0.130. The minimum absolute atomic E-state index is 0.264. The van der Waals surface area contributed by atoms with Crippen molar-refractivity contribution in [1.29, 1.82) is 0 Å². The van der Waals surface area contributed by atoms with Crippen molar-refractivity contribution in [1.82, 2.24) is 5.32 Å². The lowest BCUT2D eigenvalue weighted by atomic mass is 10.2. The molecule has 7 heteroatoms. The molecule has 0 saturated carbocycles. The summed E-state index contributed by atoms with van der Waals surface area (Å²) >= 11 is 1.29. The van der Waals surface area contributed by atoms with Crippen LogP contribution in [0.1, 0.15) is 13.3 Å². The van der Waals surface area contributed by atoms with Crippen LogP contribution in [0.2, 0.25) is 0 Å². The van der Waals surface area contributed by atoms with Gasteiger partial charge in [-0.15, -0.1) is 11.8 Å². The number of aliphatic carboxylic acids is 1. The highest BCUT2D eigenvalue weighted by Gasteiger charge is 2.18. The smallest absolute Gasteiger partial charge is 0.326 e. The molecule has 6 nitrogen and oxygen atoms in total. The third kappa shape index (κ3) is 5.59. The Labute approximate surface area is 97.7 Å². The van der Waals surface area contributed by atoms with Gasteiger partial charge in [0.05, 0.1) is 12.4 Å². The maximum atomic E-state index is 11.0. The third-order valence-corrected chi connectivity index (χ3v) is 3.04. The molecular weight excluding hydrogens is 234 g/mol. The second-order valence-electron chi connectivity index (χ2n) is 3.00. The van der Waals surface area contributed by atoms with Gasteiger partial charge in [-0.1, -0.05) is 0 Å². The van der Waals surface area contributed by atoms with E-state index in [1.54, 1.807) is 6.92 Å². The van der Waals surface area contributed by atoms with Crippen molar-refractivity contribution < 1.29 is 24.2 Å². The highest BCUT2D eigenvalue weighted by Crippen LogP contribution is 2.13. The Morgan fingerprint density at radius 1 is 1.56 bits per heavy atom. The van der Waals surface area contributed by atoms with E-state index in [2.05, 4.69) is 10.1 Å². The Kier molecular flexibility index (Phi) is 7.36. The molecule has 2 unspecified atom stereocenters. The van der Waals surface area contributed by atoms with Gasteiger partial charge in [0.2, 0.25) is 6.41 Å². The number of thioether (sulfide) groups is 1. The number of carboxylic acids is 1. The fourth-order valence-corrected chi connectivity index (χ4v) is 1.91. The third-order valence-electron chi connectivity index (χ3n) is 1.87. The number of hydrogen-bond acceptors (Lipinski definition) is 5. The lowest BCUT2D eigenvalue weighted by Gasteiger charge is -2.12. The molecule has 0 aromatic heterocycles. The standard InChI is InChI=1S/C9H15NO5S/c1-6(9(14)15-2)16-4-3-7(8(12)13)10-5-11/h5-7H,3-4H2,1-2H3,(H,10,11)(H,12,13). The predicted molar refractivity (Wildman–Crippen MR) is 59.2 cm³/mol. The van der Waals surface area contributed by atoms with Gasteiger partial charge >= 0.3 is 11.9 Å². The van der Waals surface area contributed by atoms with E-state index in [9.17, 15) is 14.4 Å². The van der Waals surface area contributed by atoms with E-state index in [4.69, 9.17) is 5.11 Å². The molecule has 2 N–H and O–H groups in total. The van der Waals surface area contributed by atoms with E-state index in [-0.39, 0.29) is 17.6 Å². The number of ether oxygens (including phenoxy) is 1. The van der Waals surface area contributed by atoms with Crippen LogP contribution < -0.4 is 5.32 Å². The Hall–Kier alpha value is -1.24. The number of carboxylic acid groups (broad SMARTS) is 1.